The molecule has 134 valence electrons. The molecule has 0 saturated carbocycles. The highest BCUT2D eigenvalue weighted by Crippen LogP contribution is 2.35. The quantitative estimate of drug-likeness (QED) is 0.787. The van der Waals surface area contributed by atoms with Crippen molar-refractivity contribution >= 4 is 5.95 Å². The molecular formula is C16H16F4N4O. The second-order valence-corrected chi connectivity index (χ2v) is 5.82. The van der Waals surface area contributed by atoms with Gasteiger partial charge in [-0.1, -0.05) is 0 Å². The average Bonchev–Trinajstić information content (AvgIpc) is 2.60. The maximum absolute atomic E-state index is 13.0. The summed E-state index contributed by atoms with van der Waals surface area (Å²) in [5.41, 5.74) is -0.885. The molecule has 0 radical (unpaired) electrons. The fourth-order valence-corrected chi connectivity index (χ4v) is 2.77. The summed E-state index contributed by atoms with van der Waals surface area (Å²) in [6, 6.07) is 2.17. The Morgan fingerprint density at radius 3 is 2.68 bits per heavy atom. The number of aromatic nitrogens is 3. The van der Waals surface area contributed by atoms with Gasteiger partial charge in [-0.25, -0.2) is 19.3 Å². The maximum atomic E-state index is 13.0. The fourth-order valence-electron chi connectivity index (χ4n) is 2.77. The summed E-state index contributed by atoms with van der Waals surface area (Å²) < 4.78 is 57.1. The molecule has 3 rings (SSSR count). The monoisotopic (exact) mass is 356 g/mol. The van der Waals surface area contributed by atoms with Gasteiger partial charge in [0.15, 0.2) is 5.82 Å². The van der Waals surface area contributed by atoms with Crippen LogP contribution in [0.5, 0.6) is 5.88 Å². The lowest BCUT2D eigenvalue weighted by molar-refractivity contribution is -0.139. The lowest BCUT2D eigenvalue weighted by Crippen LogP contribution is -2.38. The van der Waals surface area contributed by atoms with Gasteiger partial charge in [0.1, 0.15) is 5.56 Å². The molecule has 1 aliphatic rings. The number of hydrogen-bond donors (Lipinski definition) is 0. The Morgan fingerprint density at radius 2 is 1.96 bits per heavy atom. The Kier molecular flexibility index (Phi) is 5.00. The van der Waals surface area contributed by atoms with E-state index in [1.807, 2.05) is 4.90 Å². The van der Waals surface area contributed by atoms with Crippen molar-refractivity contribution in [2.75, 3.05) is 24.6 Å². The molecule has 5 nitrogen and oxygen atoms in total. The molecule has 2 aromatic rings. The first-order chi connectivity index (χ1) is 11.9. The van der Waals surface area contributed by atoms with Gasteiger partial charge in [-0.05, 0) is 25.0 Å². The van der Waals surface area contributed by atoms with Crippen molar-refractivity contribution < 1.29 is 22.3 Å². The zero-order valence-electron chi connectivity index (χ0n) is 13.2. The molecule has 9 heteroatoms. The SMILES string of the molecule is Fc1cnc(N2CCCC(COc3ncccc3C(F)(F)F)C2)nc1. The molecule has 1 atom stereocenters. The highest BCUT2D eigenvalue weighted by molar-refractivity contribution is 5.30. The van der Waals surface area contributed by atoms with Crippen LogP contribution in [0.1, 0.15) is 18.4 Å². The van der Waals surface area contributed by atoms with E-state index in [-0.39, 0.29) is 12.5 Å². The third kappa shape index (κ3) is 4.34. The van der Waals surface area contributed by atoms with E-state index in [1.165, 1.54) is 12.3 Å². The van der Waals surface area contributed by atoms with Crippen molar-refractivity contribution in [2.24, 2.45) is 5.92 Å². The van der Waals surface area contributed by atoms with Gasteiger partial charge >= 0.3 is 6.18 Å². The fraction of sp³-hybridized carbons (Fsp3) is 0.438. The van der Waals surface area contributed by atoms with E-state index in [1.54, 1.807) is 0 Å². The minimum atomic E-state index is -4.51. The molecular weight excluding hydrogens is 340 g/mol. The zero-order chi connectivity index (χ0) is 17.9. The summed E-state index contributed by atoms with van der Waals surface area (Å²) in [6.45, 7) is 1.34. The van der Waals surface area contributed by atoms with Crippen LogP contribution in [0.2, 0.25) is 0 Å². The van der Waals surface area contributed by atoms with E-state index in [2.05, 4.69) is 15.0 Å². The van der Waals surface area contributed by atoms with Crippen LogP contribution in [-0.4, -0.2) is 34.6 Å². The largest absolute Gasteiger partial charge is 0.477 e. The van der Waals surface area contributed by atoms with Gasteiger partial charge in [-0.2, -0.15) is 13.2 Å². The van der Waals surface area contributed by atoms with Crippen molar-refractivity contribution in [3.63, 3.8) is 0 Å². The Balaban J connectivity index is 1.63. The van der Waals surface area contributed by atoms with Gasteiger partial charge in [0.25, 0.3) is 0 Å². The van der Waals surface area contributed by atoms with Crippen molar-refractivity contribution in [2.45, 2.75) is 19.0 Å². The van der Waals surface area contributed by atoms with E-state index >= 15 is 0 Å². The molecule has 0 bridgehead atoms. The molecule has 0 aliphatic carbocycles. The minimum Gasteiger partial charge on any atom is -0.477 e. The van der Waals surface area contributed by atoms with Crippen LogP contribution in [0, 0.1) is 11.7 Å². The normalized spacial score (nSPS) is 18.2. The van der Waals surface area contributed by atoms with E-state index in [0.717, 1.165) is 31.3 Å². The summed E-state index contributed by atoms with van der Waals surface area (Å²) in [5, 5.41) is 0. The van der Waals surface area contributed by atoms with Gasteiger partial charge in [-0.3, -0.25) is 0 Å². The minimum absolute atomic E-state index is 0.00509. The molecule has 0 aromatic carbocycles. The first-order valence-electron chi connectivity index (χ1n) is 7.81. The topological polar surface area (TPSA) is 51.1 Å². The summed E-state index contributed by atoms with van der Waals surface area (Å²) in [7, 11) is 0. The third-order valence-electron chi connectivity index (χ3n) is 3.94. The highest BCUT2D eigenvalue weighted by atomic mass is 19.4. The first kappa shape index (κ1) is 17.4. The molecule has 1 aliphatic heterocycles. The molecule has 1 fully saturated rings. The predicted molar refractivity (Wildman–Crippen MR) is 81.7 cm³/mol. The lowest BCUT2D eigenvalue weighted by Gasteiger charge is -2.32. The van der Waals surface area contributed by atoms with Crippen LogP contribution in [0.3, 0.4) is 0 Å². The van der Waals surface area contributed by atoms with Gasteiger partial charge in [0.05, 0.1) is 19.0 Å². The van der Waals surface area contributed by atoms with Crippen molar-refractivity contribution in [3.8, 4) is 5.88 Å². The molecule has 0 N–H and O–H groups in total. The summed E-state index contributed by atoms with van der Waals surface area (Å²) >= 11 is 0. The molecule has 1 saturated heterocycles. The molecule has 0 spiro atoms. The number of hydrogen-bond acceptors (Lipinski definition) is 5. The second-order valence-electron chi connectivity index (χ2n) is 5.82. The summed E-state index contributed by atoms with van der Waals surface area (Å²) in [6.07, 6.45) is 0.571. The van der Waals surface area contributed by atoms with Crippen molar-refractivity contribution in [1.29, 1.82) is 0 Å². The second kappa shape index (κ2) is 7.20. The Labute approximate surface area is 141 Å². The molecule has 1 unspecified atom stereocenters. The molecule has 0 amide bonds. The first-order valence-corrected chi connectivity index (χ1v) is 7.81. The van der Waals surface area contributed by atoms with Crippen LogP contribution in [0.15, 0.2) is 30.7 Å². The van der Waals surface area contributed by atoms with Gasteiger partial charge in [0, 0.05) is 25.2 Å². The maximum Gasteiger partial charge on any atom is 0.421 e. The average molecular weight is 356 g/mol. The van der Waals surface area contributed by atoms with Crippen LogP contribution in [-0.2, 0) is 6.18 Å². The summed E-state index contributed by atoms with van der Waals surface area (Å²) in [4.78, 5) is 13.4. The summed E-state index contributed by atoms with van der Waals surface area (Å²) in [5.74, 6) is -0.522. The number of halogens is 4. The van der Waals surface area contributed by atoms with Crippen LogP contribution >= 0.6 is 0 Å². The molecule has 2 aromatic heterocycles. The van der Waals surface area contributed by atoms with Crippen molar-refractivity contribution in [1.82, 2.24) is 15.0 Å². The number of alkyl halides is 3. The Hall–Kier alpha value is -2.45. The number of rotatable bonds is 4. The van der Waals surface area contributed by atoms with Crippen molar-refractivity contribution in [3.05, 3.63) is 42.1 Å². The van der Waals surface area contributed by atoms with E-state index in [9.17, 15) is 17.6 Å². The van der Waals surface area contributed by atoms with E-state index in [0.29, 0.717) is 19.0 Å². The number of pyridine rings is 1. The smallest absolute Gasteiger partial charge is 0.421 e. The van der Waals surface area contributed by atoms with E-state index < -0.39 is 23.4 Å². The third-order valence-corrected chi connectivity index (χ3v) is 3.94. The molecule has 25 heavy (non-hydrogen) atoms. The number of nitrogens with zero attached hydrogens (tertiary/aromatic N) is 4. The highest BCUT2D eigenvalue weighted by Gasteiger charge is 2.35. The number of piperidine rings is 1. The number of ether oxygens (including phenoxy) is 1. The van der Waals surface area contributed by atoms with Gasteiger partial charge < -0.3 is 9.64 Å². The number of anilines is 1. The predicted octanol–water partition coefficient (Wildman–Crippen LogP) is 3.32. The zero-order valence-corrected chi connectivity index (χ0v) is 13.2. The molecule has 3 heterocycles. The van der Waals surface area contributed by atoms with E-state index in [4.69, 9.17) is 4.74 Å². The van der Waals surface area contributed by atoms with Crippen LogP contribution < -0.4 is 9.64 Å². The lowest BCUT2D eigenvalue weighted by atomic mass is 9.99. The Morgan fingerprint density at radius 1 is 1.20 bits per heavy atom. The van der Waals surface area contributed by atoms with Gasteiger partial charge in [0.2, 0.25) is 11.8 Å². The Bertz CT molecular complexity index is 708. The standard InChI is InChI=1S/C16H16F4N4O/c17-12-7-22-15(23-8-12)24-6-2-3-11(9-24)10-25-14-13(16(18,19)20)4-1-5-21-14/h1,4-5,7-8,11H,2-3,6,9-10H2. The van der Waals surface area contributed by atoms with Gasteiger partial charge in [-0.15, -0.1) is 0 Å². The van der Waals surface area contributed by atoms with Crippen LogP contribution in [0.25, 0.3) is 0 Å². The van der Waals surface area contributed by atoms with Crippen LogP contribution in [0.4, 0.5) is 23.5 Å².